The average Bonchev–Trinajstić information content (AvgIpc) is 2.58. The first-order chi connectivity index (χ1) is 10.4. The molecular weight excluding hydrogens is 262 g/mol. The van der Waals surface area contributed by atoms with Gasteiger partial charge in [0.25, 0.3) is 0 Å². The van der Waals surface area contributed by atoms with Gasteiger partial charge >= 0.3 is 0 Å². The highest BCUT2D eigenvalue weighted by Crippen LogP contribution is 2.09. The summed E-state index contributed by atoms with van der Waals surface area (Å²) in [7, 11) is 0. The van der Waals surface area contributed by atoms with Crippen molar-refractivity contribution in [3.05, 3.63) is 84.6 Å². The maximum absolute atomic E-state index is 4.44. The molecule has 3 aromatic rings. The molecule has 2 heterocycles. The highest BCUT2D eigenvalue weighted by atomic mass is 15.3. The third kappa shape index (κ3) is 3.27. The molecule has 0 saturated heterocycles. The number of hydrazone groups is 1. The van der Waals surface area contributed by atoms with Gasteiger partial charge < -0.3 is 0 Å². The Labute approximate surface area is 122 Å². The molecule has 21 heavy (non-hydrogen) atoms. The van der Waals surface area contributed by atoms with E-state index in [1.54, 1.807) is 24.8 Å². The second kappa shape index (κ2) is 6.38. The van der Waals surface area contributed by atoms with Crippen molar-refractivity contribution in [2.75, 3.05) is 5.43 Å². The van der Waals surface area contributed by atoms with Gasteiger partial charge in [-0.3, -0.25) is 15.4 Å². The largest absolute Gasteiger partial charge is 0.259 e. The first kappa shape index (κ1) is 12.9. The quantitative estimate of drug-likeness (QED) is 0.587. The lowest BCUT2D eigenvalue weighted by atomic mass is 10.1. The zero-order valence-corrected chi connectivity index (χ0v) is 11.2. The Morgan fingerprint density at radius 3 is 2.43 bits per heavy atom. The zero-order valence-electron chi connectivity index (χ0n) is 11.2. The summed E-state index contributed by atoms with van der Waals surface area (Å²) in [5, 5.41) is 4.44. The summed E-state index contributed by atoms with van der Waals surface area (Å²) in [6.07, 6.45) is 6.59. The lowest BCUT2D eigenvalue weighted by Gasteiger charge is -2.07. The SMILES string of the molecule is c1ccc(/C(=N\Nc2cnccn2)c2ccccn2)cc1. The van der Waals surface area contributed by atoms with Crippen LogP contribution in [-0.4, -0.2) is 20.7 Å². The molecule has 0 amide bonds. The Kier molecular flexibility index (Phi) is 3.93. The van der Waals surface area contributed by atoms with E-state index in [1.807, 2.05) is 48.5 Å². The normalized spacial score (nSPS) is 11.1. The van der Waals surface area contributed by atoms with E-state index < -0.39 is 0 Å². The van der Waals surface area contributed by atoms with E-state index in [0.717, 1.165) is 17.0 Å². The predicted octanol–water partition coefficient (Wildman–Crippen LogP) is 2.74. The molecule has 5 nitrogen and oxygen atoms in total. The van der Waals surface area contributed by atoms with Gasteiger partial charge in [0, 0.05) is 24.2 Å². The number of aromatic nitrogens is 3. The summed E-state index contributed by atoms with van der Waals surface area (Å²) in [6.45, 7) is 0. The van der Waals surface area contributed by atoms with Gasteiger partial charge in [0.1, 0.15) is 5.71 Å². The van der Waals surface area contributed by atoms with Crippen molar-refractivity contribution in [3.8, 4) is 0 Å². The van der Waals surface area contributed by atoms with Crippen LogP contribution in [0, 0.1) is 0 Å². The van der Waals surface area contributed by atoms with Gasteiger partial charge in [0.15, 0.2) is 5.82 Å². The van der Waals surface area contributed by atoms with E-state index in [4.69, 9.17) is 0 Å². The monoisotopic (exact) mass is 275 g/mol. The van der Waals surface area contributed by atoms with E-state index in [0.29, 0.717) is 5.82 Å². The minimum absolute atomic E-state index is 0.585. The van der Waals surface area contributed by atoms with Crippen LogP contribution in [0.25, 0.3) is 0 Å². The molecule has 0 fully saturated rings. The van der Waals surface area contributed by atoms with E-state index in [2.05, 4.69) is 25.5 Å². The summed E-state index contributed by atoms with van der Waals surface area (Å²) in [4.78, 5) is 12.5. The van der Waals surface area contributed by atoms with Crippen LogP contribution in [0.4, 0.5) is 5.82 Å². The first-order valence-corrected chi connectivity index (χ1v) is 6.50. The molecule has 0 aliphatic heterocycles. The molecule has 0 aliphatic rings. The number of nitrogens with zero attached hydrogens (tertiary/aromatic N) is 4. The average molecular weight is 275 g/mol. The van der Waals surface area contributed by atoms with Gasteiger partial charge in [-0.15, -0.1) is 0 Å². The van der Waals surface area contributed by atoms with Crippen molar-refractivity contribution in [2.24, 2.45) is 5.10 Å². The number of anilines is 1. The van der Waals surface area contributed by atoms with Gasteiger partial charge in [-0.2, -0.15) is 5.10 Å². The molecule has 0 radical (unpaired) electrons. The van der Waals surface area contributed by atoms with Crippen LogP contribution in [-0.2, 0) is 0 Å². The Bertz CT molecular complexity index is 670. The molecule has 0 spiro atoms. The second-order valence-corrected chi connectivity index (χ2v) is 4.24. The number of nitrogens with one attached hydrogen (secondary N) is 1. The number of hydrogen-bond acceptors (Lipinski definition) is 5. The maximum Gasteiger partial charge on any atom is 0.164 e. The Morgan fingerprint density at radius 1 is 0.857 bits per heavy atom. The Hall–Kier alpha value is -3.08. The van der Waals surface area contributed by atoms with Crippen molar-refractivity contribution < 1.29 is 0 Å². The summed E-state index contributed by atoms with van der Waals surface area (Å²) >= 11 is 0. The fraction of sp³-hybridized carbons (Fsp3) is 0. The molecule has 0 unspecified atom stereocenters. The molecule has 0 saturated carbocycles. The second-order valence-electron chi connectivity index (χ2n) is 4.24. The topological polar surface area (TPSA) is 63.1 Å². The smallest absolute Gasteiger partial charge is 0.164 e. The fourth-order valence-electron chi connectivity index (χ4n) is 1.84. The van der Waals surface area contributed by atoms with Gasteiger partial charge in [0.2, 0.25) is 0 Å². The Balaban J connectivity index is 1.97. The Morgan fingerprint density at radius 2 is 1.71 bits per heavy atom. The summed E-state index contributed by atoms with van der Waals surface area (Å²) in [6, 6.07) is 15.6. The van der Waals surface area contributed by atoms with Gasteiger partial charge in [-0.05, 0) is 12.1 Å². The van der Waals surface area contributed by atoms with Crippen LogP contribution in [0.15, 0.2) is 78.4 Å². The molecule has 3 rings (SSSR count). The maximum atomic E-state index is 4.44. The number of hydrogen-bond donors (Lipinski definition) is 1. The predicted molar refractivity (Wildman–Crippen MR) is 82.0 cm³/mol. The van der Waals surface area contributed by atoms with Crippen LogP contribution in [0.1, 0.15) is 11.3 Å². The van der Waals surface area contributed by atoms with Crippen LogP contribution in [0.3, 0.4) is 0 Å². The van der Waals surface area contributed by atoms with E-state index in [9.17, 15) is 0 Å². The van der Waals surface area contributed by atoms with Crippen LogP contribution in [0.5, 0.6) is 0 Å². The highest BCUT2D eigenvalue weighted by molar-refractivity contribution is 6.11. The van der Waals surface area contributed by atoms with Crippen molar-refractivity contribution in [3.63, 3.8) is 0 Å². The van der Waals surface area contributed by atoms with Gasteiger partial charge in [-0.25, -0.2) is 4.98 Å². The van der Waals surface area contributed by atoms with E-state index >= 15 is 0 Å². The molecule has 0 atom stereocenters. The molecule has 5 heteroatoms. The molecule has 1 N–H and O–H groups in total. The molecule has 0 bridgehead atoms. The minimum Gasteiger partial charge on any atom is -0.259 e. The van der Waals surface area contributed by atoms with Crippen molar-refractivity contribution in [1.29, 1.82) is 0 Å². The van der Waals surface area contributed by atoms with Crippen LogP contribution in [0.2, 0.25) is 0 Å². The van der Waals surface area contributed by atoms with Crippen LogP contribution < -0.4 is 5.43 Å². The fourth-order valence-corrected chi connectivity index (χ4v) is 1.84. The van der Waals surface area contributed by atoms with E-state index in [1.165, 1.54) is 0 Å². The molecule has 102 valence electrons. The molecule has 1 aromatic carbocycles. The highest BCUT2D eigenvalue weighted by Gasteiger charge is 2.07. The minimum atomic E-state index is 0.585. The zero-order chi connectivity index (χ0) is 14.3. The van der Waals surface area contributed by atoms with Crippen molar-refractivity contribution in [2.45, 2.75) is 0 Å². The standard InChI is InChI=1S/C16H13N5/c1-2-6-13(7-3-1)16(14-8-4-5-9-18-14)21-20-15-12-17-10-11-19-15/h1-12H,(H,19,20)/b21-16+. The van der Waals surface area contributed by atoms with Crippen LogP contribution >= 0.6 is 0 Å². The van der Waals surface area contributed by atoms with Gasteiger partial charge in [0.05, 0.1) is 11.9 Å². The van der Waals surface area contributed by atoms with E-state index in [-0.39, 0.29) is 0 Å². The summed E-state index contributed by atoms with van der Waals surface area (Å²) < 4.78 is 0. The van der Waals surface area contributed by atoms with Gasteiger partial charge in [-0.1, -0.05) is 36.4 Å². The lowest BCUT2D eigenvalue weighted by molar-refractivity contribution is 1.15. The first-order valence-electron chi connectivity index (χ1n) is 6.50. The number of rotatable bonds is 4. The third-order valence-electron chi connectivity index (χ3n) is 2.80. The molecular formula is C16H13N5. The van der Waals surface area contributed by atoms with Crippen molar-refractivity contribution in [1.82, 2.24) is 15.0 Å². The lowest BCUT2D eigenvalue weighted by Crippen LogP contribution is -2.08. The number of benzene rings is 1. The molecule has 0 aliphatic carbocycles. The summed E-state index contributed by atoms with van der Waals surface area (Å²) in [5.74, 6) is 0.585. The summed E-state index contributed by atoms with van der Waals surface area (Å²) in [5.41, 5.74) is 5.44. The van der Waals surface area contributed by atoms with Crippen molar-refractivity contribution >= 4 is 11.5 Å². The molecule has 2 aromatic heterocycles. The number of pyridine rings is 1. The third-order valence-corrected chi connectivity index (χ3v) is 2.80.